The standard InChI is InChI=1S/C10H14N2O/c1-8(2)12(3)10-9(7-13)5-4-6-11-10/h4-8H,1-3H3. The molecule has 0 atom stereocenters. The van der Waals surface area contributed by atoms with E-state index in [0.717, 1.165) is 12.1 Å². The Morgan fingerprint density at radius 2 is 2.23 bits per heavy atom. The summed E-state index contributed by atoms with van der Waals surface area (Å²) in [7, 11) is 1.93. The second-order valence-electron chi connectivity index (χ2n) is 3.24. The van der Waals surface area contributed by atoms with Crippen molar-refractivity contribution in [3.05, 3.63) is 23.9 Å². The molecule has 1 rings (SSSR count). The van der Waals surface area contributed by atoms with Gasteiger partial charge in [0.15, 0.2) is 6.29 Å². The van der Waals surface area contributed by atoms with Crippen molar-refractivity contribution < 1.29 is 4.79 Å². The molecule has 3 nitrogen and oxygen atoms in total. The number of nitrogens with zero attached hydrogens (tertiary/aromatic N) is 2. The predicted molar refractivity (Wildman–Crippen MR) is 53.2 cm³/mol. The van der Waals surface area contributed by atoms with Gasteiger partial charge >= 0.3 is 0 Å². The third-order valence-electron chi connectivity index (χ3n) is 2.05. The maximum atomic E-state index is 10.7. The Morgan fingerprint density at radius 3 is 2.77 bits per heavy atom. The second-order valence-corrected chi connectivity index (χ2v) is 3.24. The average molecular weight is 178 g/mol. The molecule has 1 aromatic rings. The minimum Gasteiger partial charge on any atom is -0.357 e. The van der Waals surface area contributed by atoms with Crippen LogP contribution in [0.1, 0.15) is 24.2 Å². The topological polar surface area (TPSA) is 33.2 Å². The normalized spacial score (nSPS) is 10.2. The van der Waals surface area contributed by atoms with Gasteiger partial charge in [0.05, 0.1) is 5.56 Å². The lowest BCUT2D eigenvalue weighted by atomic mass is 10.2. The van der Waals surface area contributed by atoms with Crippen molar-refractivity contribution in [1.82, 2.24) is 4.98 Å². The van der Waals surface area contributed by atoms with E-state index in [1.165, 1.54) is 0 Å². The van der Waals surface area contributed by atoms with Gasteiger partial charge in [-0.05, 0) is 26.0 Å². The molecule has 0 aliphatic carbocycles. The van der Waals surface area contributed by atoms with Crippen molar-refractivity contribution in [2.45, 2.75) is 19.9 Å². The Kier molecular flexibility index (Phi) is 3.01. The number of carbonyl (C=O) groups excluding carboxylic acids is 1. The highest BCUT2D eigenvalue weighted by atomic mass is 16.1. The van der Waals surface area contributed by atoms with Gasteiger partial charge in [-0.15, -0.1) is 0 Å². The number of aromatic nitrogens is 1. The number of rotatable bonds is 3. The van der Waals surface area contributed by atoms with Gasteiger partial charge in [-0.3, -0.25) is 4.79 Å². The van der Waals surface area contributed by atoms with Crippen molar-refractivity contribution >= 4 is 12.1 Å². The summed E-state index contributed by atoms with van der Waals surface area (Å²) in [5.74, 6) is 0.743. The van der Waals surface area contributed by atoms with E-state index in [1.54, 1.807) is 18.3 Å². The summed E-state index contributed by atoms with van der Waals surface area (Å²) in [4.78, 5) is 16.8. The van der Waals surface area contributed by atoms with Crippen molar-refractivity contribution in [2.24, 2.45) is 0 Å². The maximum absolute atomic E-state index is 10.7. The molecule has 3 heteroatoms. The zero-order valence-corrected chi connectivity index (χ0v) is 8.19. The highest BCUT2D eigenvalue weighted by Crippen LogP contribution is 2.15. The molecule has 0 bridgehead atoms. The van der Waals surface area contributed by atoms with Crippen molar-refractivity contribution in [1.29, 1.82) is 0 Å². The summed E-state index contributed by atoms with van der Waals surface area (Å²) < 4.78 is 0. The summed E-state index contributed by atoms with van der Waals surface area (Å²) in [6.45, 7) is 4.12. The van der Waals surface area contributed by atoms with Gasteiger partial charge in [0.1, 0.15) is 5.82 Å². The molecule has 0 amide bonds. The highest BCUT2D eigenvalue weighted by molar-refractivity contribution is 5.82. The zero-order chi connectivity index (χ0) is 9.84. The number of hydrogen-bond acceptors (Lipinski definition) is 3. The van der Waals surface area contributed by atoms with Crippen LogP contribution in [0.15, 0.2) is 18.3 Å². The molecule has 0 radical (unpaired) electrons. The number of hydrogen-bond donors (Lipinski definition) is 0. The Bertz CT molecular complexity index is 297. The molecule has 0 fully saturated rings. The number of aldehydes is 1. The molecule has 1 heterocycles. The monoisotopic (exact) mass is 178 g/mol. The molecule has 0 N–H and O–H groups in total. The van der Waals surface area contributed by atoms with Crippen molar-refractivity contribution in [2.75, 3.05) is 11.9 Å². The lowest BCUT2D eigenvalue weighted by Crippen LogP contribution is -2.27. The molecule has 0 aliphatic heterocycles. The largest absolute Gasteiger partial charge is 0.357 e. The van der Waals surface area contributed by atoms with Gasteiger partial charge < -0.3 is 4.90 Å². The van der Waals surface area contributed by atoms with E-state index in [2.05, 4.69) is 18.8 Å². The number of carbonyl (C=O) groups is 1. The first-order valence-corrected chi connectivity index (χ1v) is 4.30. The van der Waals surface area contributed by atoms with Crippen LogP contribution in [0.2, 0.25) is 0 Å². The molecule has 0 aliphatic rings. The molecule has 0 unspecified atom stereocenters. The molecular weight excluding hydrogens is 164 g/mol. The van der Waals surface area contributed by atoms with Crippen LogP contribution in [-0.2, 0) is 0 Å². The van der Waals surface area contributed by atoms with E-state index in [4.69, 9.17) is 0 Å². The summed E-state index contributed by atoms with van der Waals surface area (Å²) >= 11 is 0. The Hall–Kier alpha value is -1.38. The fraction of sp³-hybridized carbons (Fsp3) is 0.400. The molecular formula is C10H14N2O. The maximum Gasteiger partial charge on any atom is 0.153 e. The third-order valence-corrected chi connectivity index (χ3v) is 2.05. The van der Waals surface area contributed by atoms with Gasteiger partial charge in [0.25, 0.3) is 0 Å². The number of pyridine rings is 1. The zero-order valence-electron chi connectivity index (χ0n) is 8.19. The highest BCUT2D eigenvalue weighted by Gasteiger charge is 2.09. The van der Waals surface area contributed by atoms with Crippen LogP contribution in [0.3, 0.4) is 0 Å². The molecule has 1 aromatic heterocycles. The minimum atomic E-state index is 0.341. The summed E-state index contributed by atoms with van der Waals surface area (Å²) in [6.07, 6.45) is 2.53. The van der Waals surface area contributed by atoms with Gasteiger partial charge in [-0.25, -0.2) is 4.98 Å². The Morgan fingerprint density at radius 1 is 1.54 bits per heavy atom. The minimum absolute atomic E-state index is 0.341. The Labute approximate surface area is 78.4 Å². The smallest absolute Gasteiger partial charge is 0.153 e. The van der Waals surface area contributed by atoms with Gasteiger partial charge in [-0.1, -0.05) is 0 Å². The van der Waals surface area contributed by atoms with Crippen LogP contribution in [0.4, 0.5) is 5.82 Å². The SMILES string of the molecule is CC(C)N(C)c1ncccc1C=O. The molecule has 0 saturated carbocycles. The fourth-order valence-corrected chi connectivity index (χ4v) is 1.04. The summed E-state index contributed by atoms with van der Waals surface area (Å²) in [5.41, 5.74) is 0.638. The quantitative estimate of drug-likeness (QED) is 0.661. The Balaban J connectivity index is 3.05. The van der Waals surface area contributed by atoms with Crippen LogP contribution in [0, 0.1) is 0 Å². The molecule has 13 heavy (non-hydrogen) atoms. The molecule has 0 aromatic carbocycles. The van der Waals surface area contributed by atoms with E-state index in [-0.39, 0.29) is 0 Å². The average Bonchev–Trinajstić information content (AvgIpc) is 2.16. The fourth-order valence-electron chi connectivity index (χ4n) is 1.04. The summed E-state index contributed by atoms with van der Waals surface area (Å²) in [5, 5.41) is 0. The summed E-state index contributed by atoms with van der Waals surface area (Å²) in [6, 6.07) is 3.88. The first-order valence-electron chi connectivity index (χ1n) is 4.30. The third kappa shape index (κ3) is 2.05. The van der Waals surface area contributed by atoms with E-state index in [1.807, 2.05) is 11.9 Å². The van der Waals surface area contributed by atoms with E-state index < -0.39 is 0 Å². The van der Waals surface area contributed by atoms with Gasteiger partial charge in [-0.2, -0.15) is 0 Å². The van der Waals surface area contributed by atoms with Gasteiger partial charge in [0, 0.05) is 19.3 Å². The molecule has 0 saturated heterocycles. The second kappa shape index (κ2) is 4.03. The lowest BCUT2D eigenvalue weighted by Gasteiger charge is -2.23. The van der Waals surface area contributed by atoms with E-state index in [9.17, 15) is 4.79 Å². The van der Waals surface area contributed by atoms with Crippen LogP contribution >= 0.6 is 0 Å². The van der Waals surface area contributed by atoms with Crippen LogP contribution in [-0.4, -0.2) is 24.4 Å². The van der Waals surface area contributed by atoms with Crippen LogP contribution < -0.4 is 4.90 Å². The first kappa shape index (κ1) is 9.71. The number of anilines is 1. The van der Waals surface area contributed by atoms with E-state index >= 15 is 0 Å². The first-order chi connectivity index (χ1) is 6.16. The van der Waals surface area contributed by atoms with Crippen molar-refractivity contribution in [3.8, 4) is 0 Å². The van der Waals surface area contributed by atoms with Crippen molar-refractivity contribution in [3.63, 3.8) is 0 Å². The van der Waals surface area contributed by atoms with E-state index in [0.29, 0.717) is 11.6 Å². The molecule has 70 valence electrons. The van der Waals surface area contributed by atoms with Crippen LogP contribution in [0.5, 0.6) is 0 Å². The lowest BCUT2D eigenvalue weighted by molar-refractivity contribution is 0.112. The van der Waals surface area contributed by atoms with Gasteiger partial charge in [0.2, 0.25) is 0 Å². The predicted octanol–water partition coefficient (Wildman–Crippen LogP) is 1.74. The van der Waals surface area contributed by atoms with Crippen LogP contribution in [0.25, 0.3) is 0 Å². The molecule has 0 spiro atoms.